The lowest BCUT2D eigenvalue weighted by atomic mass is 10.2. The molecule has 5 heteroatoms. The Kier molecular flexibility index (Phi) is 5.85. The molecular formula is C13H26N2O3. The first-order chi connectivity index (χ1) is 8.81. The van der Waals surface area contributed by atoms with Crippen molar-refractivity contribution in [3.05, 3.63) is 0 Å². The number of ether oxygens (including phenoxy) is 2. The number of aliphatic hydroxyl groups excluding tert-OH is 1. The third-order valence-electron chi connectivity index (χ3n) is 3.93. The van der Waals surface area contributed by atoms with Gasteiger partial charge in [-0.3, -0.25) is 9.80 Å². The molecule has 0 bridgehead atoms. The van der Waals surface area contributed by atoms with Crippen molar-refractivity contribution in [1.29, 1.82) is 0 Å². The highest BCUT2D eigenvalue weighted by atomic mass is 16.5. The number of nitrogens with zero attached hydrogens (tertiary/aromatic N) is 2. The average Bonchev–Trinajstić information content (AvgIpc) is 2.98. The number of likely N-dealkylation sites (tertiary alicyclic amines) is 2. The number of hydrogen-bond acceptors (Lipinski definition) is 5. The molecule has 0 aromatic carbocycles. The van der Waals surface area contributed by atoms with Crippen molar-refractivity contribution in [2.45, 2.75) is 25.0 Å². The Hall–Kier alpha value is -0.200. The minimum Gasteiger partial charge on any atom is -0.390 e. The standard InChI is InChI=1S/C13H26N2O3/c1-17-8-9-18-7-6-14-10-12(13(16)11-14)15-4-2-3-5-15/h12-13,16H,2-11H2,1H3/t12-,13-/m0/s1. The number of β-amino-alcohol motifs (C(OH)–C–C–N with tert-alkyl or cyclic N) is 1. The van der Waals surface area contributed by atoms with Crippen LogP contribution in [0, 0.1) is 0 Å². The summed E-state index contributed by atoms with van der Waals surface area (Å²) in [5.74, 6) is 0. The van der Waals surface area contributed by atoms with Crippen molar-refractivity contribution in [3.63, 3.8) is 0 Å². The third-order valence-corrected chi connectivity index (χ3v) is 3.93. The van der Waals surface area contributed by atoms with Crippen molar-refractivity contribution in [3.8, 4) is 0 Å². The highest BCUT2D eigenvalue weighted by Crippen LogP contribution is 2.20. The van der Waals surface area contributed by atoms with Crippen molar-refractivity contribution < 1.29 is 14.6 Å². The van der Waals surface area contributed by atoms with Gasteiger partial charge in [0.25, 0.3) is 0 Å². The van der Waals surface area contributed by atoms with Gasteiger partial charge in [0.05, 0.1) is 25.9 Å². The van der Waals surface area contributed by atoms with Crippen molar-refractivity contribution >= 4 is 0 Å². The molecule has 1 N–H and O–H groups in total. The van der Waals surface area contributed by atoms with Crippen LogP contribution >= 0.6 is 0 Å². The first kappa shape index (κ1) is 14.2. The number of methoxy groups -OCH3 is 1. The van der Waals surface area contributed by atoms with Crippen LogP contribution < -0.4 is 0 Å². The van der Waals surface area contributed by atoms with Crippen LogP contribution in [0.4, 0.5) is 0 Å². The SMILES string of the molecule is COCCOCCN1C[C@H](O)[C@@H](N2CCCC2)C1. The molecule has 2 atom stereocenters. The van der Waals surface area contributed by atoms with E-state index in [4.69, 9.17) is 9.47 Å². The van der Waals surface area contributed by atoms with E-state index >= 15 is 0 Å². The molecule has 0 saturated carbocycles. The van der Waals surface area contributed by atoms with Crippen molar-refractivity contribution in [2.75, 3.05) is 59.7 Å². The second-order valence-electron chi connectivity index (χ2n) is 5.24. The Morgan fingerprint density at radius 1 is 1.11 bits per heavy atom. The smallest absolute Gasteiger partial charge is 0.0834 e. The lowest BCUT2D eigenvalue weighted by molar-refractivity contribution is 0.0584. The van der Waals surface area contributed by atoms with E-state index in [-0.39, 0.29) is 6.10 Å². The van der Waals surface area contributed by atoms with Crippen LogP contribution in [-0.2, 0) is 9.47 Å². The Bertz CT molecular complexity index is 234. The Balaban J connectivity index is 1.63. The van der Waals surface area contributed by atoms with Crippen LogP contribution in [0.15, 0.2) is 0 Å². The average molecular weight is 258 g/mol. The van der Waals surface area contributed by atoms with Crippen molar-refractivity contribution in [1.82, 2.24) is 9.80 Å². The summed E-state index contributed by atoms with van der Waals surface area (Å²) in [6, 6.07) is 0.339. The highest BCUT2D eigenvalue weighted by molar-refractivity contribution is 4.92. The first-order valence-corrected chi connectivity index (χ1v) is 7.02. The van der Waals surface area contributed by atoms with E-state index in [1.807, 2.05) is 0 Å². The molecular weight excluding hydrogens is 232 g/mol. The molecule has 106 valence electrons. The van der Waals surface area contributed by atoms with Crippen LogP contribution in [0.2, 0.25) is 0 Å². The lowest BCUT2D eigenvalue weighted by Gasteiger charge is -2.25. The molecule has 2 aliphatic heterocycles. The predicted molar refractivity (Wildman–Crippen MR) is 69.7 cm³/mol. The van der Waals surface area contributed by atoms with E-state index < -0.39 is 0 Å². The minimum atomic E-state index is -0.193. The number of rotatable bonds is 7. The molecule has 2 heterocycles. The quantitative estimate of drug-likeness (QED) is 0.640. The maximum atomic E-state index is 10.1. The molecule has 0 amide bonds. The second kappa shape index (κ2) is 7.40. The van der Waals surface area contributed by atoms with Crippen LogP contribution in [0.25, 0.3) is 0 Å². The van der Waals surface area contributed by atoms with Crippen LogP contribution in [0.5, 0.6) is 0 Å². The highest BCUT2D eigenvalue weighted by Gasteiger charge is 2.35. The fourth-order valence-electron chi connectivity index (χ4n) is 2.90. The summed E-state index contributed by atoms with van der Waals surface area (Å²) >= 11 is 0. The van der Waals surface area contributed by atoms with E-state index in [1.54, 1.807) is 7.11 Å². The molecule has 0 unspecified atom stereocenters. The van der Waals surface area contributed by atoms with Gasteiger partial charge in [-0.05, 0) is 25.9 Å². The molecule has 2 saturated heterocycles. The summed E-state index contributed by atoms with van der Waals surface area (Å²) in [6.45, 7) is 7.01. The lowest BCUT2D eigenvalue weighted by Crippen LogP contribution is -2.41. The Labute approximate surface area is 110 Å². The van der Waals surface area contributed by atoms with Crippen LogP contribution in [0.1, 0.15) is 12.8 Å². The normalized spacial score (nSPS) is 30.3. The maximum Gasteiger partial charge on any atom is 0.0834 e. The summed E-state index contributed by atoms with van der Waals surface area (Å²) in [6.07, 6.45) is 2.37. The molecule has 2 fully saturated rings. The summed E-state index contributed by atoms with van der Waals surface area (Å²) in [5.41, 5.74) is 0. The largest absolute Gasteiger partial charge is 0.390 e. The Morgan fingerprint density at radius 2 is 1.89 bits per heavy atom. The topological polar surface area (TPSA) is 45.2 Å². The zero-order valence-electron chi connectivity index (χ0n) is 11.4. The maximum absolute atomic E-state index is 10.1. The van der Waals surface area contributed by atoms with Crippen LogP contribution in [0.3, 0.4) is 0 Å². The fraction of sp³-hybridized carbons (Fsp3) is 1.00. The molecule has 0 radical (unpaired) electrons. The minimum absolute atomic E-state index is 0.193. The summed E-state index contributed by atoms with van der Waals surface area (Å²) in [4.78, 5) is 4.75. The number of hydrogen-bond donors (Lipinski definition) is 1. The monoisotopic (exact) mass is 258 g/mol. The van der Waals surface area contributed by atoms with Crippen LogP contribution in [-0.4, -0.2) is 86.7 Å². The zero-order chi connectivity index (χ0) is 12.8. The predicted octanol–water partition coefficient (Wildman–Crippen LogP) is -0.210. The molecule has 18 heavy (non-hydrogen) atoms. The summed E-state index contributed by atoms with van der Waals surface area (Å²) in [5, 5.41) is 10.1. The fourth-order valence-corrected chi connectivity index (χ4v) is 2.90. The molecule has 2 aliphatic rings. The van der Waals surface area contributed by atoms with E-state index in [9.17, 15) is 5.11 Å². The molecule has 5 nitrogen and oxygen atoms in total. The Morgan fingerprint density at radius 3 is 2.61 bits per heavy atom. The van der Waals surface area contributed by atoms with E-state index in [0.717, 1.165) is 39.3 Å². The van der Waals surface area contributed by atoms with E-state index in [1.165, 1.54) is 12.8 Å². The van der Waals surface area contributed by atoms with Gasteiger partial charge in [-0.15, -0.1) is 0 Å². The van der Waals surface area contributed by atoms with Gasteiger partial charge in [0, 0.05) is 32.8 Å². The second-order valence-corrected chi connectivity index (χ2v) is 5.24. The van der Waals surface area contributed by atoms with Gasteiger partial charge in [0.2, 0.25) is 0 Å². The summed E-state index contributed by atoms with van der Waals surface area (Å²) in [7, 11) is 1.68. The van der Waals surface area contributed by atoms with Gasteiger partial charge in [-0.1, -0.05) is 0 Å². The first-order valence-electron chi connectivity index (χ1n) is 7.02. The van der Waals surface area contributed by atoms with E-state index in [0.29, 0.717) is 19.3 Å². The van der Waals surface area contributed by atoms with Gasteiger partial charge in [-0.2, -0.15) is 0 Å². The molecule has 0 aromatic rings. The van der Waals surface area contributed by atoms with Gasteiger partial charge < -0.3 is 14.6 Å². The van der Waals surface area contributed by atoms with Gasteiger partial charge >= 0.3 is 0 Å². The van der Waals surface area contributed by atoms with Gasteiger partial charge in [-0.25, -0.2) is 0 Å². The molecule has 2 rings (SSSR count). The molecule has 0 aliphatic carbocycles. The van der Waals surface area contributed by atoms with Crippen molar-refractivity contribution in [2.24, 2.45) is 0 Å². The van der Waals surface area contributed by atoms with E-state index in [2.05, 4.69) is 9.80 Å². The summed E-state index contributed by atoms with van der Waals surface area (Å²) < 4.78 is 10.4. The molecule has 0 spiro atoms. The zero-order valence-corrected chi connectivity index (χ0v) is 11.4. The third kappa shape index (κ3) is 3.90. The van der Waals surface area contributed by atoms with Gasteiger partial charge in [0.15, 0.2) is 0 Å². The molecule has 0 aromatic heterocycles. The number of aliphatic hydroxyl groups is 1. The van der Waals surface area contributed by atoms with Gasteiger partial charge in [0.1, 0.15) is 0 Å².